The number of carboxylic acid groups (broad SMARTS) is 1. The zero-order chi connectivity index (χ0) is 62.2. The Balaban J connectivity index is 2.09. The lowest BCUT2D eigenvalue weighted by Crippen LogP contribution is -2.59. The summed E-state index contributed by atoms with van der Waals surface area (Å²) in [4.78, 5) is 137. The van der Waals surface area contributed by atoms with Gasteiger partial charge < -0.3 is 61.0 Å². The topological polar surface area (TPSA) is 301 Å². The SMILES string of the molecule is CC[C@H](C)[C@@H]([C@@H](CC(=O)N1CCC[C@H]1[C@H](OC)[C@@H](C)C(=O)N[C@@H](Cc1ccccc1)C(=O)NCCCOC(=O)[C@H](C)NC(=O)CC[C@H](NC(=O)CCNC(=O)C(C)(C)C)C(=O)O)OC)N(C)C(=O)C(NC(=O)C(C(C)C)N(C)C)C(C)C. The number of rotatable bonds is 35. The number of esters is 1. The maximum absolute atomic E-state index is 14.5. The van der Waals surface area contributed by atoms with Gasteiger partial charge in [0.05, 0.1) is 49.3 Å². The van der Waals surface area contributed by atoms with Gasteiger partial charge in [0.1, 0.15) is 24.2 Å². The summed E-state index contributed by atoms with van der Waals surface area (Å²) < 4.78 is 17.4. The molecule has 0 spiro atoms. The van der Waals surface area contributed by atoms with Gasteiger partial charge in [-0.05, 0) is 70.0 Å². The van der Waals surface area contributed by atoms with Crippen molar-refractivity contribution < 1.29 is 67.3 Å². The molecule has 23 heteroatoms. The van der Waals surface area contributed by atoms with Gasteiger partial charge >= 0.3 is 11.9 Å². The van der Waals surface area contributed by atoms with Crippen LogP contribution in [0.5, 0.6) is 0 Å². The van der Waals surface area contributed by atoms with Crippen LogP contribution in [0.2, 0.25) is 0 Å². The molecule has 1 heterocycles. The van der Waals surface area contributed by atoms with Crippen molar-refractivity contribution in [2.75, 3.05) is 61.6 Å². The van der Waals surface area contributed by atoms with E-state index in [1.807, 2.05) is 90.9 Å². The average molecular weight is 1160 g/mol. The number of carboxylic acids is 1. The van der Waals surface area contributed by atoms with Gasteiger partial charge in [-0.2, -0.15) is 0 Å². The molecular formula is C59H99N9O14. The fourth-order valence-corrected chi connectivity index (χ4v) is 10.2. The van der Waals surface area contributed by atoms with Crippen molar-refractivity contribution >= 4 is 59.2 Å². The summed E-state index contributed by atoms with van der Waals surface area (Å²) in [6, 6.07) is 3.31. The van der Waals surface area contributed by atoms with E-state index in [1.54, 1.807) is 44.5 Å². The first-order chi connectivity index (χ1) is 38.4. The molecule has 0 bridgehead atoms. The number of methoxy groups -OCH3 is 2. The molecule has 1 saturated heterocycles. The van der Waals surface area contributed by atoms with Crippen LogP contribution in [-0.4, -0.2) is 195 Å². The molecule has 2 rings (SSSR count). The highest BCUT2D eigenvalue weighted by Gasteiger charge is 2.44. The highest BCUT2D eigenvalue weighted by Crippen LogP contribution is 2.30. The third-order valence-corrected chi connectivity index (χ3v) is 15.1. The molecule has 464 valence electrons. The van der Waals surface area contributed by atoms with Crippen LogP contribution in [0.4, 0.5) is 0 Å². The molecule has 0 aliphatic carbocycles. The number of amides is 8. The lowest BCUT2D eigenvalue weighted by Gasteiger charge is -2.41. The zero-order valence-electron chi connectivity index (χ0n) is 51.7. The molecule has 2 unspecified atom stereocenters. The first kappa shape index (κ1) is 71.9. The number of ether oxygens (including phenoxy) is 3. The molecule has 7 N–H and O–H groups in total. The molecular weight excluding hydrogens is 1060 g/mol. The van der Waals surface area contributed by atoms with Crippen LogP contribution in [0.3, 0.4) is 0 Å². The Morgan fingerprint density at radius 1 is 0.756 bits per heavy atom. The van der Waals surface area contributed by atoms with Crippen LogP contribution in [0, 0.1) is 29.1 Å². The second-order valence-corrected chi connectivity index (χ2v) is 23.6. The Hall–Kier alpha value is -6.20. The van der Waals surface area contributed by atoms with Crippen LogP contribution < -0.4 is 31.9 Å². The van der Waals surface area contributed by atoms with E-state index in [4.69, 9.17) is 14.2 Å². The van der Waals surface area contributed by atoms with Crippen LogP contribution in [0.1, 0.15) is 133 Å². The molecule has 82 heavy (non-hydrogen) atoms. The zero-order valence-corrected chi connectivity index (χ0v) is 51.7. The van der Waals surface area contributed by atoms with E-state index in [0.29, 0.717) is 25.8 Å². The van der Waals surface area contributed by atoms with Crippen LogP contribution >= 0.6 is 0 Å². The molecule has 1 aromatic rings. The Morgan fingerprint density at radius 3 is 1.94 bits per heavy atom. The minimum Gasteiger partial charge on any atom is -0.480 e. The number of benzene rings is 1. The van der Waals surface area contributed by atoms with Gasteiger partial charge in [-0.15, -0.1) is 0 Å². The lowest BCUT2D eigenvalue weighted by atomic mass is 9.89. The van der Waals surface area contributed by atoms with Crippen molar-refractivity contribution in [2.24, 2.45) is 29.1 Å². The Labute approximate surface area is 486 Å². The monoisotopic (exact) mass is 1160 g/mol. The first-order valence-corrected chi connectivity index (χ1v) is 28.9. The largest absolute Gasteiger partial charge is 0.480 e. The number of nitrogens with one attached hydrogen (secondary N) is 6. The summed E-state index contributed by atoms with van der Waals surface area (Å²) in [7, 11) is 8.36. The third-order valence-electron chi connectivity index (χ3n) is 15.1. The minimum atomic E-state index is -1.38. The second kappa shape index (κ2) is 35.1. The maximum atomic E-state index is 14.5. The molecule has 23 nitrogen and oxygen atoms in total. The van der Waals surface area contributed by atoms with E-state index in [2.05, 4.69) is 31.9 Å². The summed E-state index contributed by atoms with van der Waals surface area (Å²) in [5.74, 6) is -6.57. The molecule has 0 saturated carbocycles. The number of hydrogen-bond acceptors (Lipinski definition) is 14. The molecule has 1 aromatic carbocycles. The molecule has 1 aliphatic heterocycles. The van der Waals surface area contributed by atoms with E-state index in [-0.39, 0.29) is 99.6 Å². The van der Waals surface area contributed by atoms with Crippen molar-refractivity contribution in [3.63, 3.8) is 0 Å². The predicted molar refractivity (Wildman–Crippen MR) is 309 cm³/mol. The fourth-order valence-electron chi connectivity index (χ4n) is 10.2. The van der Waals surface area contributed by atoms with Gasteiger partial charge in [-0.1, -0.05) is 106 Å². The number of hydrogen-bond donors (Lipinski definition) is 7. The third kappa shape index (κ3) is 22.9. The fraction of sp³-hybridized carbons (Fsp3) is 0.729. The minimum absolute atomic E-state index is 0.00244. The van der Waals surface area contributed by atoms with Gasteiger partial charge in [-0.25, -0.2) is 9.59 Å². The van der Waals surface area contributed by atoms with Crippen LogP contribution in [0.25, 0.3) is 0 Å². The second-order valence-electron chi connectivity index (χ2n) is 23.6. The van der Waals surface area contributed by atoms with E-state index in [0.717, 1.165) is 5.56 Å². The summed E-state index contributed by atoms with van der Waals surface area (Å²) in [6.07, 6.45) is -0.107. The van der Waals surface area contributed by atoms with Crippen molar-refractivity contribution in [1.82, 2.24) is 46.6 Å². The van der Waals surface area contributed by atoms with Crippen molar-refractivity contribution in [3.8, 4) is 0 Å². The van der Waals surface area contributed by atoms with Gasteiger partial charge in [-0.3, -0.25) is 43.3 Å². The standard InChI is InChI=1S/C59H99N9O14/c1-17-37(6)50(67(14)55(75)48(35(2)3)65-54(74)49(36(4)5)66(12)13)44(80-15)34-47(71)68-31-21-25-43(68)51(81-16)38(7)52(72)64-42(33-40-23-19-18-20-24-40)53(73)60-29-22-32-82-57(78)39(8)62-45(69)27-26-41(56(76)77)63-46(70)28-30-61-58(79)59(9,10)11/h18-20,23-24,35-39,41-44,48-51H,17,21-22,25-34H2,1-16H3,(H,60,73)(H,61,79)(H,62,69)(H,63,70)(H,64,72)(H,65,74)(H,76,77)/t37-,38+,39-,41-,42-,43-,44+,48?,49?,50-,51+/m0/s1. The number of likely N-dealkylation sites (tertiary alicyclic amines) is 1. The van der Waals surface area contributed by atoms with Crippen LogP contribution in [0.15, 0.2) is 30.3 Å². The summed E-state index contributed by atoms with van der Waals surface area (Å²) in [5, 5.41) is 25.8. The quantitative estimate of drug-likeness (QED) is 0.0380. The smallest absolute Gasteiger partial charge is 0.328 e. The number of carbonyl (C=O) groups is 10. The molecule has 0 radical (unpaired) electrons. The maximum Gasteiger partial charge on any atom is 0.328 e. The van der Waals surface area contributed by atoms with Gasteiger partial charge in [0.15, 0.2) is 0 Å². The molecule has 0 aromatic heterocycles. The van der Waals surface area contributed by atoms with Gasteiger partial charge in [0, 0.05) is 65.6 Å². The van der Waals surface area contributed by atoms with E-state index in [1.165, 1.54) is 21.1 Å². The number of nitrogens with zero attached hydrogens (tertiary/aromatic N) is 3. The number of likely N-dealkylation sites (N-methyl/N-ethyl adjacent to an activating group) is 2. The summed E-state index contributed by atoms with van der Waals surface area (Å²) >= 11 is 0. The average Bonchev–Trinajstić information content (AvgIpc) is 4.09. The summed E-state index contributed by atoms with van der Waals surface area (Å²) in [6.45, 7) is 20.3. The van der Waals surface area contributed by atoms with E-state index in [9.17, 15) is 53.1 Å². The Morgan fingerprint density at radius 2 is 1.39 bits per heavy atom. The first-order valence-electron chi connectivity index (χ1n) is 28.9. The molecule has 1 fully saturated rings. The molecule has 8 amide bonds. The lowest BCUT2D eigenvalue weighted by molar-refractivity contribution is -0.148. The molecule has 11 atom stereocenters. The Kier molecular flexibility index (Phi) is 30.7. The Bertz CT molecular complexity index is 2250. The normalized spacial score (nSPS) is 17.2. The van der Waals surface area contributed by atoms with Crippen molar-refractivity contribution in [1.29, 1.82) is 0 Å². The predicted octanol–water partition coefficient (Wildman–Crippen LogP) is 2.82. The molecule has 1 aliphatic rings. The number of carbonyl (C=O) groups excluding carboxylic acids is 9. The number of aliphatic carboxylic acids is 1. The van der Waals surface area contributed by atoms with E-state index < -0.39 is 101 Å². The van der Waals surface area contributed by atoms with Gasteiger partial charge in [0.2, 0.25) is 47.3 Å². The van der Waals surface area contributed by atoms with Crippen molar-refractivity contribution in [2.45, 2.75) is 188 Å². The highest BCUT2D eigenvalue weighted by atomic mass is 16.5. The van der Waals surface area contributed by atoms with Gasteiger partial charge in [0.25, 0.3) is 0 Å². The summed E-state index contributed by atoms with van der Waals surface area (Å²) in [5.41, 5.74) is 0.116. The van der Waals surface area contributed by atoms with E-state index >= 15 is 0 Å². The highest BCUT2D eigenvalue weighted by molar-refractivity contribution is 5.91. The van der Waals surface area contributed by atoms with Crippen LogP contribution in [-0.2, 0) is 68.6 Å². The van der Waals surface area contributed by atoms with Crippen molar-refractivity contribution in [3.05, 3.63) is 35.9 Å².